The van der Waals surface area contributed by atoms with E-state index in [9.17, 15) is 9.90 Å². The molecule has 0 saturated heterocycles. The third-order valence-electron chi connectivity index (χ3n) is 6.74. The number of Topliss-reactive ketones (excluding diaryl/α,β-unsaturated/α-hetero) is 1. The number of rotatable bonds is 2. The summed E-state index contributed by atoms with van der Waals surface area (Å²) in [6.07, 6.45) is 0. The van der Waals surface area contributed by atoms with E-state index in [-0.39, 0.29) is 17.1 Å². The number of fused-ring (bicyclic) bond motifs is 3. The number of aromatic nitrogens is 1. The van der Waals surface area contributed by atoms with Crippen molar-refractivity contribution < 1.29 is 9.90 Å². The van der Waals surface area contributed by atoms with Crippen molar-refractivity contribution in [1.29, 1.82) is 0 Å². The molecule has 4 heteroatoms. The van der Waals surface area contributed by atoms with Gasteiger partial charge in [-0.25, -0.2) is 0 Å². The van der Waals surface area contributed by atoms with Crippen LogP contribution in [0, 0.1) is 6.92 Å². The van der Waals surface area contributed by atoms with Crippen LogP contribution in [-0.4, -0.2) is 21.6 Å². The zero-order valence-electron chi connectivity index (χ0n) is 17.2. The second-order valence-corrected chi connectivity index (χ2v) is 8.37. The molecule has 0 radical (unpaired) electrons. The molecular formula is C27H20N2O2. The lowest BCUT2D eigenvalue weighted by molar-refractivity contribution is 0.104. The first-order chi connectivity index (χ1) is 15.0. The SMILES string of the molecule is Cc1c(C2(C)C(C3=C(O)c4ccccc4C3=O)=Nc3ccccc32)[nH]c2ccccc12. The number of hydrogen-bond donors (Lipinski definition) is 2. The van der Waals surface area contributed by atoms with E-state index in [0.29, 0.717) is 16.8 Å². The van der Waals surface area contributed by atoms with E-state index < -0.39 is 5.41 Å². The molecule has 2 heterocycles. The monoisotopic (exact) mass is 404 g/mol. The molecule has 2 aliphatic rings. The molecular weight excluding hydrogens is 384 g/mol. The van der Waals surface area contributed by atoms with Gasteiger partial charge in [-0.15, -0.1) is 0 Å². The fraction of sp³-hybridized carbons (Fsp3) is 0.111. The zero-order valence-corrected chi connectivity index (χ0v) is 17.2. The highest BCUT2D eigenvalue weighted by Crippen LogP contribution is 2.50. The van der Waals surface area contributed by atoms with Gasteiger partial charge in [0.05, 0.1) is 22.4 Å². The highest BCUT2D eigenvalue weighted by Gasteiger charge is 2.48. The molecule has 0 fully saturated rings. The fourth-order valence-corrected chi connectivity index (χ4v) is 5.18. The van der Waals surface area contributed by atoms with Crippen molar-refractivity contribution in [3.05, 3.63) is 106 Å². The van der Waals surface area contributed by atoms with Crippen LogP contribution in [0.1, 0.15) is 39.7 Å². The number of carbonyl (C=O) groups is 1. The Labute approximate surface area is 179 Å². The first-order valence-electron chi connectivity index (χ1n) is 10.4. The van der Waals surface area contributed by atoms with E-state index >= 15 is 0 Å². The van der Waals surface area contributed by atoms with Crippen molar-refractivity contribution >= 4 is 33.8 Å². The lowest BCUT2D eigenvalue weighted by atomic mass is 9.72. The Morgan fingerprint density at radius 1 is 0.903 bits per heavy atom. The summed E-state index contributed by atoms with van der Waals surface area (Å²) in [5.41, 5.74) is 6.24. The molecule has 1 aliphatic carbocycles. The van der Waals surface area contributed by atoms with Gasteiger partial charge >= 0.3 is 0 Å². The van der Waals surface area contributed by atoms with E-state index in [4.69, 9.17) is 4.99 Å². The van der Waals surface area contributed by atoms with Gasteiger partial charge in [0.25, 0.3) is 0 Å². The number of aromatic amines is 1. The Morgan fingerprint density at radius 3 is 2.35 bits per heavy atom. The molecule has 1 aromatic heterocycles. The van der Waals surface area contributed by atoms with E-state index in [2.05, 4.69) is 37.0 Å². The minimum atomic E-state index is -0.708. The average Bonchev–Trinajstić information content (AvgIpc) is 3.38. The molecule has 4 aromatic rings. The number of carbonyl (C=O) groups excluding carboxylic acids is 1. The Bertz CT molecular complexity index is 1490. The summed E-state index contributed by atoms with van der Waals surface area (Å²) < 4.78 is 0. The highest BCUT2D eigenvalue weighted by molar-refractivity contribution is 6.39. The maximum absolute atomic E-state index is 13.4. The molecule has 6 rings (SSSR count). The molecule has 1 atom stereocenters. The quantitative estimate of drug-likeness (QED) is 0.428. The predicted molar refractivity (Wildman–Crippen MR) is 123 cm³/mol. The number of aliphatic imine (C=N–C) groups is 1. The lowest BCUT2D eigenvalue weighted by Crippen LogP contribution is -2.35. The van der Waals surface area contributed by atoms with Gasteiger partial charge in [-0.2, -0.15) is 0 Å². The number of aliphatic hydroxyl groups excluding tert-OH is 1. The number of nitrogens with zero attached hydrogens (tertiary/aromatic N) is 1. The first-order valence-corrected chi connectivity index (χ1v) is 10.4. The van der Waals surface area contributed by atoms with Crippen LogP contribution in [0.25, 0.3) is 16.7 Å². The van der Waals surface area contributed by atoms with E-state index in [1.807, 2.05) is 42.5 Å². The van der Waals surface area contributed by atoms with Crippen molar-refractivity contribution in [2.75, 3.05) is 0 Å². The highest BCUT2D eigenvalue weighted by atomic mass is 16.3. The molecule has 4 nitrogen and oxygen atoms in total. The topological polar surface area (TPSA) is 65.4 Å². The molecule has 3 aromatic carbocycles. The number of aliphatic hydroxyl groups is 1. The van der Waals surface area contributed by atoms with Crippen LogP contribution in [0.2, 0.25) is 0 Å². The molecule has 2 N–H and O–H groups in total. The number of benzene rings is 3. The summed E-state index contributed by atoms with van der Waals surface area (Å²) in [7, 11) is 0. The fourth-order valence-electron chi connectivity index (χ4n) is 5.18. The Morgan fingerprint density at radius 2 is 1.58 bits per heavy atom. The Balaban J connectivity index is 1.65. The summed E-state index contributed by atoms with van der Waals surface area (Å²) >= 11 is 0. The maximum Gasteiger partial charge on any atom is 0.199 e. The largest absolute Gasteiger partial charge is 0.506 e. The van der Waals surface area contributed by atoms with Crippen molar-refractivity contribution in [3.63, 3.8) is 0 Å². The number of allylic oxidation sites excluding steroid dienone is 1. The minimum Gasteiger partial charge on any atom is -0.506 e. The number of ketones is 1. The molecule has 150 valence electrons. The van der Waals surface area contributed by atoms with Crippen molar-refractivity contribution in [2.45, 2.75) is 19.3 Å². The number of para-hydroxylation sites is 2. The van der Waals surface area contributed by atoms with Crippen LogP contribution >= 0.6 is 0 Å². The molecule has 0 saturated carbocycles. The lowest BCUT2D eigenvalue weighted by Gasteiger charge is -2.28. The van der Waals surface area contributed by atoms with Crippen LogP contribution in [0.4, 0.5) is 5.69 Å². The number of aryl methyl sites for hydroxylation is 1. The molecule has 0 amide bonds. The summed E-state index contributed by atoms with van der Waals surface area (Å²) in [6.45, 7) is 4.18. The third kappa shape index (κ3) is 2.19. The predicted octanol–water partition coefficient (Wildman–Crippen LogP) is 6.03. The molecule has 0 spiro atoms. The van der Waals surface area contributed by atoms with Crippen LogP contribution in [0.3, 0.4) is 0 Å². The Kier molecular flexibility index (Phi) is 3.49. The standard InChI is InChI=1S/C27H20N2O2/c1-15-16-9-5-7-13-20(16)28-25(15)27(2)19-12-6-8-14-21(19)29-26(27)22-23(30)17-10-3-4-11-18(17)24(22)31/h3-14,28,30H,1-2H3. The van der Waals surface area contributed by atoms with Crippen LogP contribution in [0.5, 0.6) is 0 Å². The zero-order chi connectivity index (χ0) is 21.3. The number of hydrogen-bond acceptors (Lipinski definition) is 3. The van der Waals surface area contributed by atoms with Gasteiger partial charge in [-0.05, 0) is 37.1 Å². The van der Waals surface area contributed by atoms with E-state index in [0.717, 1.165) is 33.4 Å². The van der Waals surface area contributed by atoms with Gasteiger partial charge in [0, 0.05) is 27.7 Å². The molecule has 0 bridgehead atoms. The summed E-state index contributed by atoms with van der Waals surface area (Å²) in [6, 6.07) is 23.3. The minimum absolute atomic E-state index is 0.00662. The first kappa shape index (κ1) is 17.9. The Hall–Kier alpha value is -3.92. The van der Waals surface area contributed by atoms with Crippen LogP contribution < -0.4 is 0 Å². The third-order valence-corrected chi connectivity index (χ3v) is 6.74. The van der Waals surface area contributed by atoms with Crippen molar-refractivity contribution in [3.8, 4) is 0 Å². The van der Waals surface area contributed by atoms with Gasteiger partial charge in [0.2, 0.25) is 0 Å². The van der Waals surface area contributed by atoms with Gasteiger partial charge < -0.3 is 10.1 Å². The average molecular weight is 404 g/mol. The molecule has 1 aliphatic heterocycles. The second kappa shape index (κ2) is 6.05. The summed E-state index contributed by atoms with van der Waals surface area (Å²) in [5.74, 6) is -0.174. The molecule has 1 unspecified atom stereocenters. The summed E-state index contributed by atoms with van der Waals surface area (Å²) in [4.78, 5) is 21.9. The maximum atomic E-state index is 13.4. The van der Waals surface area contributed by atoms with Gasteiger partial charge in [0.15, 0.2) is 5.78 Å². The normalized spacial score (nSPS) is 19.7. The number of H-pyrrole nitrogens is 1. The van der Waals surface area contributed by atoms with Crippen LogP contribution in [0.15, 0.2) is 83.4 Å². The van der Waals surface area contributed by atoms with Crippen molar-refractivity contribution in [1.82, 2.24) is 4.98 Å². The summed E-state index contributed by atoms with van der Waals surface area (Å²) in [5, 5.41) is 12.2. The van der Waals surface area contributed by atoms with E-state index in [1.165, 1.54) is 0 Å². The van der Waals surface area contributed by atoms with Gasteiger partial charge in [-0.3, -0.25) is 9.79 Å². The molecule has 31 heavy (non-hydrogen) atoms. The second-order valence-electron chi connectivity index (χ2n) is 8.37. The smallest absolute Gasteiger partial charge is 0.199 e. The van der Waals surface area contributed by atoms with Crippen molar-refractivity contribution in [2.24, 2.45) is 4.99 Å². The number of nitrogens with one attached hydrogen (secondary N) is 1. The van der Waals surface area contributed by atoms with Gasteiger partial charge in [0.1, 0.15) is 5.76 Å². The van der Waals surface area contributed by atoms with Gasteiger partial charge in [-0.1, -0.05) is 60.7 Å². The van der Waals surface area contributed by atoms with E-state index in [1.54, 1.807) is 12.1 Å². The van der Waals surface area contributed by atoms with Crippen LogP contribution in [-0.2, 0) is 5.41 Å².